The van der Waals surface area contributed by atoms with E-state index in [1.165, 1.54) is 4.88 Å². The SMILES string of the molecule is CCc1sc(NCc2nc(C)cc(C)n2)nc1C. The fourth-order valence-corrected chi connectivity index (χ4v) is 2.76. The van der Waals surface area contributed by atoms with Gasteiger partial charge in [0.15, 0.2) is 5.13 Å². The summed E-state index contributed by atoms with van der Waals surface area (Å²) in [6.45, 7) is 8.80. The summed E-state index contributed by atoms with van der Waals surface area (Å²) in [5, 5.41) is 4.24. The summed E-state index contributed by atoms with van der Waals surface area (Å²) in [5.74, 6) is 0.818. The molecule has 1 N–H and O–H groups in total. The van der Waals surface area contributed by atoms with Crippen LogP contribution >= 0.6 is 11.3 Å². The highest BCUT2D eigenvalue weighted by molar-refractivity contribution is 7.15. The van der Waals surface area contributed by atoms with Gasteiger partial charge in [0.2, 0.25) is 0 Å². The Morgan fingerprint density at radius 2 is 1.78 bits per heavy atom. The molecule has 0 amide bonds. The highest BCUT2D eigenvalue weighted by Gasteiger charge is 2.06. The Morgan fingerprint density at radius 1 is 1.11 bits per heavy atom. The molecule has 0 radical (unpaired) electrons. The fourth-order valence-electron chi connectivity index (χ4n) is 1.86. The van der Waals surface area contributed by atoms with Crippen LogP contribution in [0.1, 0.15) is 34.7 Å². The highest BCUT2D eigenvalue weighted by Crippen LogP contribution is 2.23. The van der Waals surface area contributed by atoms with Crippen LogP contribution in [0.4, 0.5) is 5.13 Å². The topological polar surface area (TPSA) is 50.7 Å². The fraction of sp³-hybridized carbons (Fsp3) is 0.462. The largest absolute Gasteiger partial charge is 0.354 e. The summed E-state index contributed by atoms with van der Waals surface area (Å²) >= 11 is 1.71. The average Bonchev–Trinajstić information content (AvgIpc) is 2.66. The van der Waals surface area contributed by atoms with Gasteiger partial charge in [0.05, 0.1) is 12.2 Å². The number of hydrogen-bond acceptors (Lipinski definition) is 5. The zero-order valence-corrected chi connectivity index (χ0v) is 12.1. The van der Waals surface area contributed by atoms with E-state index >= 15 is 0 Å². The summed E-state index contributed by atoms with van der Waals surface area (Å²) in [4.78, 5) is 14.6. The minimum absolute atomic E-state index is 0.624. The molecular formula is C13H18N4S. The number of nitrogens with one attached hydrogen (secondary N) is 1. The molecule has 0 aliphatic rings. The first-order valence-corrected chi connectivity index (χ1v) is 6.91. The second-order valence-electron chi connectivity index (χ2n) is 4.30. The molecule has 0 aliphatic heterocycles. The van der Waals surface area contributed by atoms with Crippen LogP contribution in [0.25, 0.3) is 0 Å². The van der Waals surface area contributed by atoms with Gasteiger partial charge in [-0.25, -0.2) is 15.0 Å². The Morgan fingerprint density at radius 3 is 2.33 bits per heavy atom. The number of aromatic nitrogens is 3. The molecule has 0 aliphatic carbocycles. The van der Waals surface area contributed by atoms with Gasteiger partial charge in [-0.05, 0) is 33.3 Å². The molecular weight excluding hydrogens is 244 g/mol. The molecule has 2 aromatic heterocycles. The minimum atomic E-state index is 0.624. The molecule has 2 heterocycles. The Kier molecular flexibility index (Phi) is 3.91. The molecule has 2 aromatic rings. The van der Waals surface area contributed by atoms with E-state index in [0.717, 1.165) is 34.5 Å². The quantitative estimate of drug-likeness (QED) is 0.920. The van der Waals surface area contributed by atoms with Gasteiger partial charge in [-0.3, -0.25) is 0 Å². The molecule has 0 saturated heterocycles. The molecule has 0 aromatic carbocycles. The molecule has 0 fully saturated rings. The van der Waals surface area contributed by atoms with E-state index < -0.39 is 0 Å². The standard InChI is InChI=1S/C13H18N4S/c1-5-11-10(4)17-13(18-11)14-7-12-15-8(2)6-9(3)16-12/h6H,5,7H2,1-4H3,(H,14,17). The van der Waals surface area contributed by atoms with Gasteiger partial charge >= 0.3 is 0 Å². The summed E-state index contributed by atoms with van der Waals surface area (Å²) in [5.41, 5.74) is 3.12. The van der Waals surface area contributed by atoms with Crippen LogP contribution in [-0.4, -0.2) is 15.0 Å². The third-order valence-corrected chi connectivity index (χ3v) is 3.90. The van der Waals surface area contributed by atoms with Crippen LogP contribution in [0, 0.1) is 20.8 Å². The maximum Gasteiger partial charge on any atom is 0.183 e. The third-order valence-electron chi connectivity index (χ3n) is 2.64. The van der Waals surface area contributed by atoms with E-state index in [2.05, 4.69) is 27.2 Å². The van der Waals surface area contributed by atoms with Crippen LogP contribution in [0.2, 0.25) is 0 Å². The summed E-state index contributed by atoms with van der Waals surface area (Å²) in [6, 6.07) is 1.98. The Hall–Kier alpha value is -1.49. The van der Waals surface area contributed by atoms with Crippen LogP contribution in [0.15, 0.2) is 6.07 Å². The summed E-state index contributed by atoms with van der Waals surface area (Å²) in [6.07, 6.45) is 1.03. The minimum Gasteiger partial charge on any atom is -0.354 e. The van der Waals surface area contributed by atoms with Gasteiger partial charge in [-0.2, -0.15) is 0 Å². The molecule has 0 spiro atoms. The Labute approximate surface area is 112 Å². The number of thiazole rings is 1. The van der Waals surface area contributed by atoms with E-state index in [9.17, 15) is 0 Å². The number of aryl methyl sites for hydroxylation is 4. The third kappa shape index (κ3) is 3.04. The van der Waals surface area contributed by atoms with Crippen LogP contribution < -0.4 is 5.32 Å². The zero-order chi connectivity index (χ0) is 13.1. The van der Waals surface area contributed by atoms with Gasteiger partial charge in [0.25, 0.3) is 0 Å². The van der Waals surface area contributed by atoms with Gasteiger partial charge in [-0.1, -0.05) is 6.92 Å². The second kappa shape index (κ2) is 5.44. The maximum absolute atomic E-state index is 4.49. The van der Waals surface area contributed by atoms with E-state index in [0.29, 0.717) is 6.54 Å². The van der Waals surface area contributed by atoms with Crippen molar-refractivity contribution in [2.75, 3.05) is 5.32 Å². The average molecular weight is 262 g/mol. The molecule has 0 unspecified atom stereocenters. The molecule has 2 rings (SSSR count). The van der Waals surface area contributed by atoms with Crippen molar-refractivity contribution >= 4 is 16.5 Å². The van der Waals surface area contributed by atoms with Gasteiger partial charge < -0.3 is 5.32 Å². The van der Waals surface area contributed by atoms with Crippen molar-refractivity contribution in [3.63, 3.8) is 0 Å². The Bertz CT molecular complexity index is 528. The van der Waals surface area contributed by atoms with Crippen LogP contribution in [0.3, 0.4) is 0 Å². The van der Waals surface area contributed by atoms with Crippen molar-refractivity contribution in [2.45, 2.75) is 40.7 Å². The van der Waals surface area contributed by atoms with Crippen molar-refractivity contribution in [3.05, 3.63) is 33.8 Å². The van der Waals surface area contributed by atoms with Gasteiger partial charge in [0.1, 0.15) is 5.82 Å². The van der Waals surface area contributed by atoms with Crippen molar-refractivity contribution in [3.8, 4) is 0 Å². The molecule has 0 saturated carbocycles. The molecule has 0 atom stereocenters. The van der Waals surface area contributed by atoms with E-state index in [-0.39, 0.29) is 0 Å². The van der Waals surface area contributed by atoms with Crippen molar-refractivity contribution in [2.24, 2.45) is 0 Å². The molecule has 4 nitrogen and oxygen atoms in total. The lowest BCUT2D eigenvalue weighted by molar-refractivity contribution is 0.901. The summed E-state index contributed by atoms with van der Waals surface area (Å²) in [7, 11) is 0. The van der Waals surface area contributed by atoms with Crippen molar-refractivity contribution < 1.29 is 0 Å². The lowest BCUT2D eigenvalue weighted by Crippen LogP contribution is -2.06. The van der Waals surface area contributed by atoms with Gasteiger partial charge in [0, 0.05) is 16.3 Å². The van der Waals surface area contributed by atoms with Crippen LogP contribution in [-0.2, 0) is 13.0 Å². The first-order chi connectivity index (χ1) is 8.58. The number of rotatable bonds is 4. The normalized spacial score (nSPS) is 10.7. The maximum atomic E-state index is 4.49. The van der Waals surface area contributed by atoms with Crippen molar-refractivity contribution in [1.29, 1.82) is 0 Å². The van der Waals surface area contributed by atoms with E-state index in [1.807, 2.05) is 26.8 Å². The van der Waals surface area contributed by atoms with Crippen molar-refractivity contribution in [1.82, 2.24) is 15.0 Å². The molecule has 96 valence electrons. The number of nitrogens with zero attached hydrogens (tertiary/aromatic N) is 3. The lowest BCUT2D eigenvalue weighted by Gasteiger charge is -2.03. The first kappa shape index (κ1) is 13.0. The number of hydrogen-bond donors (Lipinski definition) is 1. The van der Waals surface area contributed by atoms with Gasteiger partial charge in [-0.15, -0.1) is 11.3 Å². The molecule has 18 heavy (non-hydrogen) atoms. The van der Waals surface area contributed by atoms with Crippen LogP contribution in [0.5, 0.6) is 0 Å². The smallest absolute Gasteiger partial charge is 0.183 e. The Balaban J connectivity index is 2.06. The number of anilines is 1. The monoisotopic (exact) mass is 262 g/mol. The molecule has 5 heteroatoms. The predicted molar refractivity (Wildman–Crippen MR) is 75.1 cm³/mol. The first-order valence-electron chi connectivity index (χ1n) is 6.10. The summed E-state index contributed by atoms with van der Waals surface area (Å²) < 4.78 is 0. The van der Waals surface area contributed by atoms with E-state index in [1.54, 1.807) is 11.3 Å². The zero-order valence-electron chi connectivity index (χ0n) is 11.2. The van der Waals surface area contributed by atoms with E-state index in [4.69, 9.17) is 0 Å². The molecule has 0 bridgehead atoms. The highest BCUT2D eigenvalue weighted by atomic mass is 32.1. The second-order valence-corrected chi connectivity index (χ2v) is 5.39. The lowest BCUT2D eigenvalue weighted by atomic mass is 10.3. The predicted octanol–water partition coefficient (Wildman–Crippen LogP) is 3.03.